The van der Waals surface area contributed by atoms with E-state index in [1.807, 2.05) is 0 Å². The van der Waals surface area contributed by atoms with Gasteiger partial charge in [-0.05, 0) is 98.0 Å². The Hall–Kier alpha value is -5.89. The minimum absolute atomic E-state index is 0.0173. The van der Waals surface area contributed by atoms with Crippen LogP contribution in [0.2, 0.25) is 20.1 Å². The van der Waals surface area contributed by atoms with Gasteiger partial charge in [0.2, 0.25) is 0 Å². The summed E-state index contributed by atoms with van der Waals surface area (Å²) in [5.74, 6) is -1.21. The number of hydrogen-bond donors (Lipinski definition) is 8. The number of nitrogens with zero attached hydrogens (tertiary/aromatic N) is 3. The minimum Gasteiger partial charge on any atom is -0.508 e. The molecule has 0 bridgehead atoms. The van der Waals surface area contributed by atoms with Crippen molar-refractivity contribution in [1.82, 2.24) is 9.78 Å². The molecule has 0 fully saturated rings. The molecule has 0 aliphatic rings. The number of unbranched alkanes of at least 4 members (excludes halogenated alkanes) is 10. The van der Waals surface area contributed by atoms with Crippen LogP contribution >= 0.6 is 46.4 Å². The molecular formula is C51H57Cl4N7O13S3. The third-order valence-electron chi connectivity index (χ3n) is 11.9. The third-order valence-corrected chi connectivity index (χ3v) is 15.4. The van der Waals surface area contributed by atoms with Crippen LogP contribution in [0.1, 0.15) is 103 Å². The van der Waals surface area contributed by atoms with Gasteiger partial charge in [0, 0.05) is 28.9 Å². The molecule has 0 spiro atoms. The highest BCUT2D eigenvalue weighted by Gasteiger charge is 2.25. The molecule has 27 heteroatoms. The fourth-order valence-corrected chi connectivity index (χ4v) is 10.8. The SMILES string of the molecule is CCCCCCCCCCCCC(Oc1ccc(O)c(CCCC)c1)C(=O)Nc1ccc(Cl)c(Nc2[nH]n(-c3c(Cl)cc(Cl)cc3Cl)c(=O)c2N=Nc2ccc(NS(=O)Oc3cc(S(=O)(=O)O)cc(S(=O)(=O)O)c3)cc2O)c1. The van der Waals surface area contributed by atoms with E-state index in [-0.39, 0.29) is 54.4 Å². The number of anilines is 4. The number of phenols is 2. The van der Waals surface area contributed by atoms with E-state index in [1.54, 1.807) is 24.3 Å². The van der Waals surface area contributed by atoms with E-state index >= 15 is 0 Å². The normalized spacial score (nSPS) is 12.6. The van der Waals surface area contributed by atoms with Gasteiger partial charge < -0.3 is 29.8 Å². The summed E-state index contributed by atoms with van der Waals surface area (Å²) in [7, 11) is -10.0. The van der Waals surface area contributed by atoms with E-state index in [1.165, 1.54) is 68.5 Å². The maximum absolute atomic E-state index is 14.2. The second-order valence-electron chi connectivity index (χ2n) is 17.9. The molecule has 2 unspecified atom stereocenters. The van der Waals surface area contributed by atoms with Crippen LogP contribution in [0.5, 0.6) is 23.0 Å². The van der Waals surface area contributed by atoms with E-state index in [0.717, 1.165) is 55.7 Å². The van der Waals surface area contributed by atoms with Gasteiger partial charge >= 0.3 is 16.8 Å². The summed E-state index contributed by atoms with van der Waals surface area (Å²) in [6.45, 7) is 4.25. The van der Waals surface area contributed by atoms with Gasteiger partial charge in [-0.2, -0.15) is 21.0 Å². The molecule has 0 saturated carbocycles. The van der Waals surface area contributed by atoms with Crippen molar-refractivity contribution >= 4 is 118 Å². The predicted molar refractivity (Wildman–Crippen MR) is 303 cm³/mol. The lowest BCUT2D eigenvalue weighted by Crippen LogP contribution is -2.33. The molecule has 1 amide bonds. The summed E-state index contributed by atoms with van der Waals surface area (Å²) in [6.07, 6.45) is 13.0. The first-order valence-corrected chi connectivity index (χ1v) is 30.1. The van der Waals surface area contributed by atoms with Crippen LogP contribution in [0.15, 0.2) is 110 Å². The number of nitrogens with one attached hydrogen (secondary N) is 4. The van der Waals surface area contributed by atoms with Crippen molar-refractivity contribution in [2.24, 2.45) is 10.2 Å². The fraction of sp³-hybridized carbons (Fsp3) is 0.333. The van der Waals surface area contributed by atoms with Gasteiger partial charge in [-0.25, -0.2) is 4.68 Å². The van der Waals surface area contributed by atoms with Crippen LogP contribution in [0.3, 0.4) is 0 Å². The smallest absolute Gasteiger partial charge is 0.316 e. The Balaban J connectivity index is 1.24. The average Bonchev–Trinajstić information content (AvgIpc) is 3.75. The maximum atomic E-state index is 14.2. The molecule has 1 heterocycles. The Morgan fingerprint density at radius 3 is 1.94 bits per heavy atom. The molecule has 78 heavy (non-hydrogen) atoms. The highest BCUT2D eigenvalue weighted by molar-refractivity contribution is 7.86. The van der Waals surface area contributed by atoms with Crippen molar-refractivity contribution in [1.29, 1.82) is 0 Å². The summed E-state index contributed by atoms with van der Waals surface area (Å²) in [6, 6.07) is 17.5. The summed E-state index contributed by atoms with van der Waals surface area (Å²) in [4.78, 5) is 26.4. The molecule has 0 radical (unpaired) electrons. The lowest BCUT2D eigenvalue weighted by atomic mass is 10.0. The van der Waals surface area contributed by atoms with Crippen LogP contribution in [0, 0.1) is 0 Å². The van der Waals surface area contributed by atoms with E-state index in [0.29, 0.717) is 48.0 Å². The van der Waals surface area contributed by atoms with E-state index in [2.05, 4.69) is 44.5 Å². The number of hydrogen-bond acceptors (Lipinski definition) is 14. The molecule has 0 aliphatic heterocycles. The van der Waals surface area contributed by atoms with Gasteiger partial charge in [-0.1, -0.05) is 124 Å². The number of ether oxygens (including phenoxy) is 1. The maximum Gasteiger partial charge on any atom is 0.316 e. The summed E-state index contributed by atoms with van der Waals surface area (Å²) in [5, 5.41) is 38.8. The van der Waals surface area contributed by atoms with Gasteiger partial charge in [0.05, 0.1) is 36.2 Å². The lowest BCUT2D eigenvalue weighted by molar-refractivity contribution is -0.123. The van der Waals surface area contributed by atoms with Crippen molar-refractivity contribution in [3.05, 3.63) is 121 Å². The van der Waals surface area contributed by atoms with Crippen LogP contribution in [-0.2, 0) is 42.7 Å². The number of carbonyl (C=O) groups is 1. The second kappa shape index (κ2) is 28.3. The Bertz CT molecular complexity index is 3380. The Labute approximate surface area is 473 Å². The predicted octanol–water partition coefficient (Wildman–Crippen LogP) is 14.0. The molecule has 8 N–H and O–H groups in total. The summed E-state index contributed by atoms with van der Waals surface area (Å²) in [5.41, 5.74) is -0.394. The number of amides is 1. The second-order valence-corrected chi connectivity index (χ2v) is 23.2. The molecule has 2 atom stereocenters. The minimum atomic E-state index is -5.01. The molecule has 0 aliphatic carbocycles. The van der Waals surface area contributed by atoms with Gasteiger partial charge in [0.15, 0.2) is 17.6 Å². The molecule has 20 nitrogen and oxygen atoms in total. The number of aryl methyl sites for hydroxylation is 1. The number of azo groups is 1. The Morgan fingerprint density at radius 1 is 0.705 bits per heavy atom. The third kappa shape index (κ3) is 17.6. The molecule has 5 aromatic carbocycles. The first-order valence-electron chi connectivity index (χ1n) is 24.6. The summed E-state index contributed by atoms with van der Waals surface area (Å²) < 4.78 is 93.4. The first kappa shape index (κ1) is 61.3. The van der Waals surface area contributed by atoms with Crippen molar-refractivity contribution in [2.45, 2.75) is 120 Å². The zero-order valence-electron chi connectivity index (χ0n) is 42.1. The fourth-order valence-electron chi connectivity index (χ4n) is 7.87. The van der Waals surface area contributed by atoms with Crippen molar-refractivity contribution in [3.63, 3.8) is 0 Å². The molecule has 0 saturated heterocycles. The number of halogens is 4. The quantitative estimate of drug-likeness (QED) is 0.0123. The monoisotopic (exact) mass is 1210 g/mol. The number of carbonyl (C=O) groups excluding carboxylic acids is 1. The molecule has 6 aromatic rings. The number of rotatable bonds is 29. The summed E-state index contributed by atoms with van der Waals surface area (Å²) >= 11 is 23.4. The first-order chi connectivity index (χ1) is 37.0. The van der Waals surface area contributed by atoms with Crippen LogP contribution in [0.25, 0.3) is 5.69 Å². The zero-order chi connectivity index (χ0) is 56.7. The number of aromatic amines is 1. The van der Waals surface area contributed by atoms with Crippen LogP contribution in [-0.4, -0.2) is 62.2 Å². The van der Waals surface area contributed by atoms with Crippen molar-refractivity contribution < 1.29 is 54.1 Å². The number of H-pyrrole nitrogens is 1. The number of benzene rings is 5. The van der Waals surface area contributed by atoms with Gasteiger partial charge in [-0.15, -0.1) is 10.2 Å². The molecule has 6 rings (SSSR count). The molecule has 1 aromatic heterocycles. The van der Waals surface area contributed by atoms with E-state index in [4.69, 9.17) is 55.3 Å². The Kier molecular flexibility index (Phi) is 22.3. The van der Waals surface area contributed by atoms with Crippen molar-refractivity contribution in [3.8, 4) is 28.7 Å². The highest BCUT2D eigenvalue weighted by Crippen LogP contribution is 2.38. The Morgan fingerprint density at radius 2 is 1.32 bits per heavy atom. The zero-order valence-corrected chi connectivity index (χ0v) is 47.6. The van der Waals surface area contributed by atoms with Gasteiger partial charge in [-0.3, -0.25) is 28.5 Å². The van der Waals surface area contributed by atoms with Gasteiger partial charge in [0.25, 0.3) is 26.1 Å². The van der Waals surface area contributed by atoms with Crippen LogP contribution in [0.4, 0.5) is 34.3 Å². The topological polar surface area (TPSA) is 300 Å². The van der Waals surface area contributed by atoms with Crippen molar-refractivity contribution in [2.75, 3.05) is 15.4 Å². The van der Waals surface area contributed by atoms with Crippen LogP contribution < -0.4 is 29.8 Å². The average molecular weight is 1210 g/mol. The van der Waals surface area contributed by atoms with E-state index < -0.39 is 76.1 Å². The lowest BCUT2D eigenvalue weighted by Gasteiger charge is -2.20. The van der Waals surface area contributed by atoms with E-state index in [9.17, 15) is 50.0 Å². The molecular weight excluding hydrogens is 1160 g/mol. The highest BCUT2D eigenvalue weighted by atomic mass is 35.5. The van der Waals surface area contributed by atoms with Gasteiger partial charge in [0.1, 0.15) is 34.4 Å². The largest absolute Gasteiger partial charge is 0.508 e. The standard InChI is InChI=1S/C51H57Cl4N7O13S3/c1-3-5-7-8-9-10-11-12-13-14-16-46(74-35-19-22-44(63)31(23-35)15-6-4-2)50(65)56-33-17-20-39(53)43(26-33)57-49-47(51(66)62(60-49)48-40(54)24-32(52)25-41(48)55)59-58-42-21-18-34(27-45(42)64)61-76(67)75-36-28-37(77(68,69)70)30-38(29-36)78(71,72)73/h17-30,46,57,60-61,63-64H,3-16H2,1-2H3,(H,56,65)(H,68,69,70)(H,71,72,73). The number of aromatic nitrogens is 2. The number of aromatic hydroxyl groups is 2. The molecule has 420 valence electrons. The number of phenolic OH excluding ortho intramolecular Hbond substituents is 2.